The second-order valence-electron chi connectivity index (χ2n) is 8.95. The number of aromatic nitrogens is 4. The quantitative estimate of drug-likeness (QED) is 0.357. The molecule has 35 heavy (non-hydrogen) atoms. The minimum atomic E-state index is -0.974. The molecule has 1 fully saturated rings. The number of fused-ring (bicyclic) bond motifs is 1. The summed E-state index contributed by atoms with van der Waals surface area (Å²) >= 11 is 1.18. The Morgan fingerprint density at radius 1 is 1.06 bits per heavy atom. The van der Waals surface area contributed by atoms with Gasteiger partial charge in [0.25, 0.3) is 0 Å². The highest BCUT2D eigenvalue weighted by Gasteiger charge is 2.29. The standard InChI is InChI=1S/C26H28N4O4S/c1-33-19-10-9-18(23(14-19)34-2)15-30-25(26(31)32)20(24(27-30)17-6-4-3-5-7-17)12-16-8-11-21-22(13-16)29-35-28-21/h8-11,13-14,17H,3-7,12,15H2,1-2H3,(H,31,32). The highest BCUT2D eigenvalue weighted by Crippen LogP contribution is 2.36. The van der Waals surface area contributed by atoms with Crippen molar-refractivity contribution >= 4 is 28.7 Å². The zero-order chi connectivity index (χ0) is 24.4. The van der Waals surface area contributed by atoms with Gasteiger partial charge in [0.15, 0.2) is 0 Å². The predicted octanol–water partition coefficient (Wildman–Crippen LogP) is 5.29. The van der Waals surface area contributed by atoms with Crippen molar-refractivity contribution in [3.05, 3.63) is 64.5 Å². The van der Waals surface area contributed by atoms with Crippen molar-refractivity contribution < 1.29 is 19.4 Å². The van der Waals surface area contributed by atoms with Gasteiger partial charge in [-0.05, 0) is 42.7 Å². The number of ether oxygens (including phenoxy) is 2. The van der Waals surface area contributed by atoms with Crippen LogP contribution in [-0.4, -0.2) is 43.8 Å². The molecule has 2 heterocycles. The molecule has 182 valence electrons. The lowest BCUT2D eigenvalue weighted by atomic mass is 9.84. The van der Waals surface area contributed by atoms with Crippen LogP contribution < -0.4 is 9.47 Å². The molecule has 8 nitrogen and oxygen atoms in total. The molecular weight excluding hydrogens is 464 g/mol. The van der Waals surface area contributed by atoms with Crippen LogP contribution in [0.5, 0.6) is 11.5 Å². The Bertz CT molecular complexity index is 1360. The summed E-state index contributed by atoms with van der Waals surface area (Å²) in [4.78, 5) is 12.6. The van der Waals surface area contributed by atoms with E-state index in [9.17, 15) is 9.90 Å². The lowest BCUT2D eigenvalue weighted by molar-refractivity contribution is 0.0682. The van der Waals surface area contributed by atoms with Crippen LogP contribution in [0.2, 0.25) is 0 Å². The molecule has 2 aromatic heterocycles. The lowest BCUT2D eigenvalue weighted by Gasteiger charge is -2.21. The molecule has 0 unspecified atom stereocenters. The van der Waals surface area contributed by atoms with Gasteiger partial charge in [0, 0.05) is 29.5 Å². The maximum Gasteiger partial charge on any atom is 0.354 e. The third kappa shape index (κ3) is 4.73. The molecule has 0 amide bonds. The fraction of sp³-hybridized carbons (Fsp3) is 0.385. The second-order valence-corrected chi connectivity index (χ2v) is 9.48. The molecule has 1 aliphatic carbocycles. The van der Waals surface area contributed by atoms with Gasteiger partial charge < -0.3 is 14.6 Å². The first kappa shape index (κ1) is 23.3. The molecule has 1 saturated carbocycles. The number of hydrogen-bond acceptors (Lipinski definition) is 7. The smallest absolute Gasteiger partial charge is 0.354 e. The van der Waals surface area contributed by atoms with E-state index in [1.165, 1.54) is 18.1 Å². The van der Waals surface area contributed by atoms with Crippen LogP contribution in [0.25, 0.3) is 11.0 Å². The van der Waals surface area contributed by atoms with Crippen LogP contribution in [0.3, 0.4) is 0 Å². The summed E-state index contributed by atoms with van der Waals surface area (Å²) in [6.45, 7) is 0.295. The molecule has 2 aromatic carbocycles. The van der Waals surface area contributed by atoms with E-state index in [0.717, 1.165) is 59.1 Å². The highest BCUT2D eigenvalue weighted by atomic mass is 32.1. The number of nitrogens with zero attached hydrogens (tertiary/aromatic N) is 4. The number of hydrogen-bond donors (Lipinski definition) is 1. The van der Waals surface area contributed by atoms with Gasteiger partial charge >= 0.3 is 5.97 Å². The summed E-state index contributed by atoms with van der Waals surface area (Å²) in [5.41, 5.74) is 5.47. The summed E-state index contributed by atoms with van der Waals surface area (Å²) in [5.74, 6) is 0.609. The Morgan fingerprint density at radius 3 is 2.60 bits per heavy atom. The fourth-order valence-electron chi connectivity index (χ4n) is 5.04. The Kier molecular flexibility index (Phi) is 6.68. The fourth-order valence-corrected chi connectivity index (χ4v) is 5.55. The first-order valence-corrected chi connectivity index (χ1v) is 12.6. The van der Waals surface area contributed by atoms with Crippen LogP contribution in [0, 0.1) is 0 Å². The van der Waals surface area contributed by atoms with E-state index in [1.54, 1.807) is 25.0 Å². The van der Waals surface area contributed by atoms with Crippen molar-refractivity contribution in [2.75, 3.05) is 14.2 Å². The van der Waals surface area contributed by atoms with Crippen molar-refractivity contribution in [3.8, 4) is 11.5 Å². The van der Waals surface area contributed by atoms with Crippen LogP contribution in [-0.2, 0) is 13.0 Å². The zero-order valence-corrected chi connectivity index (χ0v) is 20.7. The molecule has 0 atom stereocenters. The SMILES string of the molecule is COc1ccc(Cn2nc(C3CCCCC3)c(Cc3ccc4nsnc4c3)c2C(=O)O)c(OC)c1. The van der Waals surface area contributed by atoms with Gasteiger partial charge in [-0.15, -0.1) is 0 Å². The molecule has 0 aliphatic heterocycles. The van der Waals surface area contributed by atoms with Crippen molar-refractivity contribution in [1.82, 2.24) is 18.5 Å². The average Bonchev–Trinajstić information content (AvgIpc) is 3.49. The maximum atomic E-state index is 12.6. The Morgan fingerprint density at radius 2 is 1.86 bits per heavy atom. The van der Waals surface area contributed by atoms with Crippen LogP contribution in [0.1, 0.15) is 70.9 Å². The van der Waals surface area contributed by atoms with E-state index in [0.29, 0.717) is 24.5 Å². The van der Waals surface area contributed by atoms with Crippen LogP contribution >= 0.6 is 11.7 Å². The number of carboxylic acids is 1. The summed E-state index contributed by atoms with van der Waals surface area (Å²) in [6, 6.07) is 11.5. The molecule has 0 bridgehead atoms. The third-order valence-electron chi connectivity index (χ3n) is 6.79. The molecule has 4 aromatic rings. The molecule has 1 aliphatic rings. The Hall–Kier alpha value is -3.46. The lowest BCUT2D eigenvalue weighted by Crippen LogP contribution is -2.13. The Labute approximate surface area is 207 Å². The monoisotopic (exact) mass is 492 g/mol. The van der Waals surface area contributed by atoms with E-state index in [2.05, 4.69) is 8.75 Å². The van der Waals surface area contributed by atoms with Gasteiger partial charge in [-0.25, -0.2) is 4.79 Å². The van der Waals surface area contributed by atoms with E-state index in [1.807, 2.05) is 30.3 Å². The molecule has 5 rings (SSSR count). The van der Waals surface area contributed by atoms with Gasteiger partial charge in [0.05, 0.1) is 38.2 Å². The summed E-state index contributed by atoms with van der Waals surface area (Å²) < 4.78 is 21.1. The van der Waals surface area contributed by atoms with Crippen molar-refractivity contribution in [2.45, 2.75) is 51.0 Å². The van der Waals surface area contributed by atoms with Gasteiger partial charge in [0.2, 0.25) is 0 Å². The predicted molar refractivity (Wildman–Crippen MR) is 134 cm³/mol. The number of carbonyl (C=O) groups is 1. The molecule has 0 spiro atoms. The van der Waals surface area contributed by atoms with Crippen LogP contribution in [0.15, 0.2) is 36.4 Å². The minimum Gasteiger partial charge on any atom is -0.497 e. The molecular formula is C26H28N4O4S. The molecule has 1 N–H and O–H groups in total. The number of benzene rings is 2. The second kappa shape index (κ2) is 10.0. The van der Waals surface area contributed by atoms with Crippen molar-refractivity contribution in [2.24, 2.45) is 0 Å². The minimum absolute atomic E-state index is 0.236. The number of aromatic carboxylic acids is 1. The average molecular weight is 493 g/mol. The summed E-state index contributed by atoms with van der Waals surface area (Å²) in [7, 11) is 3.20. The zero-order valence-electron chi connectivity index (χ0n) is 19.9. The largest absolute Gasteiger partial charge is 0.497 e. The number of carboxylic acid groups (broad SMARTS) is 1. The maximum absolute atomic E-state index is 12.6. The number of methoxy groups -OCH3 is 2. The third-order valence-corrected chi connectivity index (χ3v) is 7.35. The van der Waals surface area contributed by atoms with Gasteiger partial charge in [-0.3, -0.25) is 4.68 Å². The van der Waals surface area contributed by atoms with Crippen molar-refractivity contribution in [1.29, 1.82) is 0 Å². The van der Waals surface area contributed by atoms with E-state index in [-0.39, 0.29) is 11.6 Å². The first-order valence-electron chi connectivity index (χ1n) is 11.8. The first-order chi connectivity index (χ1) is 17.1. The molecule has 0 saturated heterocycles. The van der Waals surface area contributed by atoms with E-state index >= 15 is 0 Å². The number of rotatable bonds is 8. The highest BCUT2D eigenvalue weighted by molar-refractivity contribution is 7.00. The summed E-state index contributed by atoms with van der Waals surface area (Å²) in [6.07, 6.45) is 6.05. The van der Waals surface area contributed by atoms with Gasteiger partial charge in [0.1, 0.15) is 28.2 Å². The van der Waals surface area contributed by atoms with Crippen LogP contribution in [0.4, 0.5) is 0 Å². The van der Waals surface area contributed by atoms with E-state index < -0.39 is 5.97 Å². The van der Waals surface area contributed by atoms with Crippen molar-refractivity contribution in [3.63, 3.8) is 0 Å². The van der Waals surface area contributed by atoms with Gasteiger partial charge in [-0.2, -0.15) is 13.8 Å². The summed E-state index contributed by atoms with van der Waals surface area (Å²) in [5, 5.41) is 15.3. The Balaban J connectivity index is 1.59. The molecule has 0 radical (unpaired) electrons. The topological polar surface area (TPSA) is 99.4 Å². The van der Waals surface area contributed by atoms with Gasteiger partial charge in [-0.1, -0.05) is 25.3 Å². The normalized spacial score (nSPS) is 14.3. The molecule has 9 heteroatoms. The van der Waals surface area contributed by atoms with E-state index in [4.69, 9.17) is 14.6 Å².